The molecule has 0 radical (unpaired) electrons. The van der Waals surface area contributed by atoms with Crippen molar-refractivity contribution in [1.29, 1.82) is 0 Å². The molecule has 0 bridgehead atoms. The molecule has 1 saturated heterocycles. The number of aromatic nitrogens is 1. The van der Waals surface area contributed by atoms with E-state index in [0.29, 0.717) is 13.1 Å². The Morgan fingerprint density at radius 1 is 1.44 bits per heavy atom. The summed E-state index contributed by atoms with van der Waals surface area (Å²) < 4.78 is 0. The van der Waals surface area contributed by atoms with Crippen molar-refractivity contribution < 1.29 is 9.72 Å². The molecule has 1 aromatic heterocycles. The molecule has 96 valence electrons. The van der Waals surface area contributed by atoms with E-state index in [1.54, 1.807) is 16.8 Å². The largest absolute Gasteiger partial charge is 0.342 e. The van der Waals surface area contributed by atoms with Crippen molar-refractivity contribution in [3.63, 3.8) is 0 Å². The van der Waals surface area contributed by atoms with Crippen molar-refractivity contribution in [3.05, 3.63) is 27.4 Å². The van der Waals surface area contributed by atoms with Crippen LogP contribution in [-0.4, -0.2) is 47.4 Å². The summed E-state index contributed by atoms with van der Waals surface area (Å²) in [6.45, 7) is 1.07. The summed E-state index contributed by atoms with van der Waals surface area (Å²) in [4.78, 5) is 29.1. The summed E-state index contributed by atoms with van der Waals surface area (Å²) in [7, 11) is 1.69. The van der Waals surface area contributed by atoms with E-state index in [-0.39, 0.29) is 29.1 Å². The zero-order chi connectivity index (χ0) is 13.3. The lowest BCUT2D eigenvalue weighted by Crippen LogP contribution is -2.49. The number of hydrogen-bond acceptors (Lipinski definition) is 5. The maximum Gasteiger partial charge on any atom is 0.311 e. The molecule has 0 spiro atoms. The number of anilines is 1. The van der Waals surface area contributed by atoms with Crippen LogP contribution >= 0.6 is 11.6 Å². The highest BCUT2D eigenvalue weighted by Gasteiger charge is 2.27. The van der Waals surface area contributed by atoms with Crippen molar-refractivity contribution in [2.75, 3.05) is 31.6 Å². The van der Waals surface area contributed by atoms with E-state index < -0.39 is 4.92 Å². The van der Waals surface area contributed by atoms with Gasteiger partial charge in [-0.1, -0.05) is 11.6 Å². The third-order valence-electron chi connectivity index (χ3n) is 2.77. The van der Waals surface area contributed by atoms with Gasteiger partial charge >= 0.3 is 5.69 Å². The summed E-state index contributed by atoms with van der Waals surface area (Å²) in [5.74, 6) is 0.0475. The van der Waals surface area contributed by atoms with Crippen molar-refractivity contribution >= 4 is 29.0 Å². The van der Waals surface area contributed by atoms with Gasteiger partial charge in [-0.3, -0.25) is 14.9 Å². The molecule has 0 aliphatic carbocycles. The number of halogens is 1. The maximum absolute atomic E-state index is 11.6. The van der Waals surface area contributed by atoms with Crippen LogP contribution in [0.15, 0.2) is 12.1 Å². The first-order valence-electron chi connectivity index (χ1n) is 5.29. The highest BCUT2D eigenvalue weighted by molar-refractivity contribution is 6.29. The normalized spacial score (nSPS) is 16.0. The first kappa shape index (κ1) is 12.6. The fourth-order valence-electron chi connectivity index (χ4n) is 1.73. The van der Waals surface area contributed by atoms with E-state index in [1.165, 1.54) is 12.1 Å². The number of amides is 1. The fourth-order valence-corrected chi connectivity index (χ4v) is 1.88. The molecule has 0 unspecified atom stereocenters. The van der Waals surface area contributed by atoms with Crippen LogP contribution in [0.3, 0.4) is 0 Å². The maximum atomic E-state index is 11.6. The summed E-state index contributed by atoms with van der Waals surface area (Å²) in [5.41, 5.74) is -0.142. The molecule has 18 heavy (non-hydrogen) atoms. The fraction of sp³-hybridized carbons (Fsp3) is 0.400. The predicted molar refractivity (Wildman–Crippen MR) is 65.8 cm³/mol. The summed E-state index contributed by atoms with van der Waals surface area (Å²) in [5, 5.41) is 11.1. The van der Waals surface area contributed by atoms with Crippen LogP contribution < -0.4 is 4.90 Å². The predicted octanol–water partition coefficient (Wildman–Crippen LogP) is 0.922. The van der Waals surface area contributed by atoms with Crippen LogP contribution in [0.4, 0.5) is 11.5 Å². The highest BCUT2D eigenvalue weighted by atomic mass is 35.5. The van der Waals surface area contributed by atoms with Gasteiger partial charge in [-0.2, -0.15) is 0 Å². The first-order chi connectivity index (χ1) is 8.49. The van der Waals surface area contributed by atoms with E-state index in [4.69, 9.17) is 11.6 Å². The van der Waals surface area contributed by atoms with E-state index in [9.17, 15) is 14.9 Å². The molecule has 0 saturated carbocycles. The van der Waals surface area contributed by atoms with E-state index in [2.05, 4.69) is 4.98 Å². The Balaban J connectivity index is 2.35. The number of nitro groups is 1. The Bertz CT molecular complexity index is 508. The second kappa shape index (κ2) is 4.77. The van der Waals surface area contributed by atoms with Crippen molar-refractivity contribution in [2.24, 2.45) is 0 Å². The lowest BCUT2D eigenvalue weighted by atomic mass is 10.3. The third kappa shape index (κ3) is 2.35. The quantitative estimate of drug-likeness (QED) is 0.454. The Kier molecular flexibility index (Phi) is 3.33. The van der Waals surface area contributed by atoms with E-state index >= 15 is 0 Å². The smallest absolute Gasteiger partial charge is 0.311 e. The number of nitrogens with zero attached hydrogens (tertiary/aromatic N) is 4. The number of carbonyl (C=O) groups excluding carboxylic acids is 1. The number of likely N-dealkylation sites (N-methyl/N-ethyl adjacent to an activating group) is 1. The zero-order valence-corrected chi connectivity index (χ0v) is 10.4. The minimum atomic E-state index is -0.526. The van der Waals surface area contributed by atoms with Gasteiger partial charge < -0.3 is 9.80 Å². The van der Waals surface area contributed by atoms with Crippen LogP contribution in [0.1, 0.15) is 0 Å². The van der Waals surface area contributed by atoms with Gasteiger partial charge in [0, 0.05) is 26.2 Å². The number of carbonyl (C=O) groups is 1. The molecular weight excluding hydrogens is 260 g/mol. The molecule has 7 nitrogen and oxygen atoms in total. The molecule has 1 amide bonds. The number of piperazine rings is 1. The Hall–Kier alpha value is -1.89. The van der Waals surface area contributed by atoms with Gasteiger partial charge in [0.1, 0.15) is 5.15 Å². The van der Waals surface area contributed by atoms with Gasteiger partial charge in [0.05, 0.1) is 11.5 Å². The molecule has 2 heterocycles. The molecule has 1 aromatic rings. The minimum absolute atomic E-state index is 0.0741. The lowest BCUT2D eigenvalue weighted by molar-refractivity contribution is -0.384. The van der Waals surface area contributed by atoms with Crippen LogP contribution in [-0.2, 0) is 4.79 Å². The number of pyridine rings is 1. The molecule has 2 rings (SSSR count). The molecule has 1 aliphatic rings. The standard InChI is InChI=1S/C10H11ClN4O3/c1-13-4-5-14(6-9(13)16)10-7(15(17)18)2-3-8(11)12-10/h2-3H,4-6H2,1H3. The number of rotatable bonds is 2. The number of hydrogen-bond donors (Lipinski definition) is 0. The average molecular weight is 271 g/mol. The first-order valence-corrected chi connectivity index (χ1v) is 5.66. The van der Waals surface area contributed by atoms with Crippen molar-refractivity contribution in [1.82, 2.24) is 9.88 Å². The van der Waals surface area contributed by atoms with E-state index in [1.807, 2.05) is 0 Å². The Morgan fingerprint density at radius 2 is 2.17 bits per heavy atom. The molecule has 0 atom stereocenters. The summed E-state index contributed by atoms with van der Waals surface area (Å²) in [6.07, 6.45) is 0. The van der Waals surface area contributed by atoms with Crippen molar-refractivity contribution in [3.8, 4) is 0 Å². The monoisotopic (exact) mass is 270 g/mol. The summed E-state index contributed by atoms with van der Waals surface area (Å²) >= 11 is 5.75. The molecule has 1 fully saturated rings. The Labute approximate surface area is 108 Å². The van der Waals surface area contributed by atoms with Gasteiger partial charge in [0.15, 0.2) is 0 Å². The Morgan fingerprint density at radius 3 is 2.78 bits per heavy atom. The molecule has 0 aromatic carbocycles. The second-order valence-electron chi connectivity index (χ2n) is 3.97. The van der Waals surface area contributed by atoms with Crippen LogP contribution in [0.2, 0.25) is 5.15 Å². The summed E-state index contributed by atoms with van der Waals surface area (Å²) in [6, 6.07) is 2.66. The third-order valence-corrected chi connectivity index (χ3v) is 2.98. The van der Waals surface area contributed by atoms with Gasteiger partial charge in [0.2, 0.25) is 11.7 Å². The van der Waals surface area contributed by atoms with Crippen LogP contribution in [0, 0.1) is 10.1 Å². The zero-order valence-electron chi connectivity index (χ0n) is 9.67. The SMILES string of the molecule is CN1CCN(c2nc(Cl)ccc2[N+](=O)[O-])CC1=O. The van der Waals surface area contributed by atoms with Crippen molar-refractivity contribution in [2.45, 2.75) is 0 Å². The van der Waals surface area contributed by atoms with Crippen LogP contribution in [0.5, 0.6) is 0 Å². The van der Waals surface area contributed by atoms with Gasteiger partial charge in [-0.15, -0.1) is 0 Å². The molecular formula is C10H11ClN4O3. The van der Waals surface area contributed by atoms with Gasteiger partial charge in [-0.05, 0) is 6.07 Å². The molecule has 0 N–H and O–H groups in total. The topological polar surface area (TPSA) is 79.6 Å². The average Bonchev–Trinajstić information content (AvgIpc) is 2.32. The van der Waals surface area contributed by atoms with Gasteiger partial charge in [0.25, 0.3) is 0 Å². The van der Waals surface area contributed by atoms with E-state index in [0.717, 1.165) is 0 Å². The molecule has 8 heteroatoms. The van der Waals surface area contributed by atoms with Gasteiger partial charge in [-0.25, -0.2) is 4.98 Å². The second-order valence-corrected chi connectivity index (χ2v) is 4.36. The minimum Gasteiger partial charge on any atom is -0.342 e. The van der Waals surface area contributed by atoms with Crippen LogP contribution in [0.25, 0.3) is 0 Å². The highest BCUT2D eigenvalue weighted by Crippen LogP contribution is 2.28. The lowest BCUT2D eigenvalue weighted by Gasteiger charge is -2.32. The molecule has 1 aliphatic heterocycles.